The van der Waals surface area contributed by atoms with E-state index in [9.17, 15) is 31.2 Å². The zero-order chi connectivity index (χ0) is 29.7. The zero-order valence-corrected chi connectivity index (χ0v) is 23.1. The predicted molar refractivity (Wildman–Crippen MR) is 142 cm³/mol. The van der Waals surface area contributed by atoms with Gasteiger partial charge in [0.25, 0.3) is 5.91 Å². The number of benzene rings is 1. The van der Waals surface area contributed by atoms with Crippen LogP contribution in [0.4, 0.5) is 24.8 Å². The van der Waals surface area contributed by atoms with Crippen molar-refractivity contribution in [2.75, 3.05) is 31.1 Å². The second-order valence-corrected chi connectivity index (χ2v) is 12.5. The number of nitrogens with two attached hydrogens (primary N) is 2. The molecule has 17 heteroatoms. The molecule has 0 bridgehead atoms. The van der Waals surface area contributed by atoms with Crippen LogP contribution in [0.5, 0.6) is 0 Å². The fourth-order valence-corrected chi connectivity index (χ4v) is 6.96. The second-order valence-electron chi connectivity index (χ2n) is 10.2. The number of fused-ring (bicyclic) bond motifs is 1. The van der Waals surface area contributed by atoms with Crippen LogP contribution in [-0.2, 0) is 27.8 Å². The summed E-state index contributed by atoms with van der Waals surface area (Å²) in [4.78, 5) is 37.4. The molecule has 0 atom stereocenters. The summed E-state index contributed by atoms with van der Waals surface area (Å²) in [6.45, 7) is -0.0874. The molecule has 1 spiro atoms. The highest BCUT2D eigenvalue weighted by atomic mass is 35.5. The van der Waals surface area contributed by atoms with E-state index in [-0.39, 0.29) is 60.0 Å². The summed E-state index contributed by atoms with van der Waals surface area (Å²) in [6.07, 6.45) is -2.94. The van der Waals surface area contributed by atoms with Crippen molar-refractivity contribution in [1.29, 1.82) is 0 Å². The Kier molecular flexibility index (Phi) is 7.36. The molecule has 1 aromatic heterocycles. The number of nitrogen functional groups attached to an aromatic ring is 2. The third-order valence-corrected chi connectivity index (χ3v) is 9.76. The van der Waals surface area contributed by atoms with E-state index in [0.29, 0.717) is 47.5 Å². The number of piperidine rings is 1. The average Bonchev–Trinajstić information content (AvgIpc) is 3.30. The number of hydrogen-bond acceptors (Lipinski definition) is 9. The Balaban J connectivity index is 1.25. The van der Waals surface area contributed by atoms with Crippen molar-refractivity contribution in [2.45, 2.75) is 55.3 Å². The van der Waals surface area contributed by atoms with Gasteiger partial charge in [-0.15, -0.1) is 0 Å². The molecule has 12 nitrogen and oxygen atoms in total. The smallest absolute Gasteiger partial charge is 0.382 e. The van der Waals surface area contributed by atoms with Crippen molar-refractivity contribution >= 4 is 50.9 Å². The minimum atomic E-state index is -5.00. The molecule has 41 heavy (non-hydrogen) atoms. The predicted octanol–water partition coefficient (Wildman–Crippen LogP) is 1.89. The van der Waals surface area contributed by atoms with E-state index < -0.39 is 33.6 Å². The van der Waals surface area contributed by atoms with Crippen LogP contribution in [0.25, 0.3) is 0 Å². The fourth-order valence-electron chi connectivity index (χ4n) is 5.34. The van der Waals surface area contributed by atoms with Crippen LogP contribution in [0, 0.1) is 0 Å². The third kappa shape index (κ3) is 5.67. The van der Waals surface area contributed by atoms with Crippen molar-refractivity contribution in [3.05, 3.63) is 40.2 Å². The number of rotatable bonds is 3. The summed E-state index contributed by atoms with van der Waals surface area (Å²) in [7, 11) is -3.95. The van der Waals surface area contributed by atoms with Gasteiger partial charge in [0.1, 0.15) is 5.84 Å². The number of hydrogen-bond donors (Lipinski definition) is 3. The third-order valence-electron chi connectivity index (χ3n) is 7.59. The van der Waals surface area contributed by atoms with Gasteiger partial charge in [0, 0.05) is 32.6 Å². The molecule has 1 saturated heterocycles. The number of amides is 2. The van der Waals surface area contributed by atoms with Crippen molar-refractivity contribution in [3.8, 4) is 0 Å². The first kappa shape index (κ1) is 29.0. The number of halogens is 4. The van der Waals surface area contributed by atoms with Gasteiger partial charge in [-0.25, -0.2) is 18.4 Å². The maximum Gasteiger partial charge on any atom is 0.471 e. The monoisotopic (exact) mass is 614 g/mol. The van der Waals surface area contributed by atoms with Crippen LogP contribution >= 0.6 is 11.6 Å². The Labute approximate surface area is 238 Å². The van der Waals surface area contributed by atoms with Crippen molar-refractivity contribution in [1.82, 2.24) is 24.5 Å². The number of nitrogens with one attached hydrogen (secondary N) is 1. The van der Waals surface area contributed by atoms with E-state index in [4.69, 9.17) is 28.1 Å². The maximum absolute atomic E-state index is 13.4. The first-order valence-corrected chi connectivity index (χ1v) is 14.5. The van der Waals surface area contributed by atoms with Gasteiger partial charge in [-0.2, -0.15) is 17.5 Å². The summed E-state index contributed by atoms with van der Waals surface area (Å²) in [5, 5.41) is 2.51. The van der Waals surface area contributed by atoms with Crippen molar-refractivity contribution in [2.24, 2.45) is 4.99 Å². The number of aromatic nitrogens is 2. The summed E-state index contributed by atoms with van der Waals surface area (Å²) >= 11 is 5.85. The average molecular weight is 615 g/mol. The number of amidine groups is 1. The van der Waals surface area contributed by atoms with Gasteiger partial charge >= 0.3 is 12.1 Å². The van der Waals surface area contributed by atoms with Crippen LogP contribution in [0.15, 0.2) is 28.1 Å². The highest BCUT2D eigenvalue weighted by Crippen LogP contribution is 2.37. The van der Waals surface area contributed by atoms with Crippen LogP contribution in [0.1, 0.15) is 47.3 Å². The molecule has 0 unspecified atom stereocenters. The zero-order valence-electron chi connectivity index (χ0n) is 21.5. The Bertz CT molecular complexity index is 1560. The number of sulfonamides is 1. The fraction of sp³-hybridized carbons (Fsp3) is 0.458. The minimum Gasteiger partial charge on any atom is -0.382 e. The van der Waals surface area contributed by atoms with E-state index >= 15 is 0 Å². The molecule has 0 aliphatic carbocycles. The van der Waals surface area contributed by atoms with E-state index in [0.717, 1.165) is 0 Å². The standard InChI is InChI=1S/C24H26ClF3N8O4S/c25-18-20(30)33-19(29)17(32-18)21(37)31-16-3-5-23(34-16)6-9-36(10-7-23)41(39,40)15-2-1-13-4-8-35(12-14(13)11-15)22(38)24(26,27)28/h1-2,11H,3-10,12H2,(H4,29,30,33)(H,31,34,37). The molecule has 3 aliphatic rings. The molecule has 3 aliphatic heterocycles. The summed E-state index contributed by atoms with van der Waals surface area (Å²) in [6, 6.07) is 4.38. The molecule has 220 valence electrons. The quantitative estimate of drug-likeness (QED) is 0.469. The lowest BCUT2D eigenvalue weighted by Crippen LogP contribution is -2.45. The maximum atomic E-state index is 13.4. The molecular formula is C24H26ClF3N8O4S. The van der Waals surface area contributed by atoms with E-state index in [1.165, 1.54) is 16.4 Å². The first-order valence-electron chi connectivity index (χ1n) is 12.7. The van der Waals surface area contributed by atoms with Crippen molar-refractivity contribution in [3.63, 3.8) is 0 Å². The van der Waals surface area contributed by atoms with Crippen molar-refractivity contribution < 1.29 is 31.2 Å². The molecule has 1 aromatic carbocycles. The SMILES string of the molecule is Nc1nc(N)c(C(=O)NC2=NC3(CC2)CCN(S(=O)(=O)c2ccc4c(c2)CN(C(=O)C(F)(F)F)CC4)CC3)nc1Cl. The van der Waals surface area contributed by atoms with Crippen LogP contribution < -0.4 is 16.8 Å². The lowest BCUT2D eigenvalue weighted by Gasteiger charge is -2.36. The summed E-state index contributed by atoms with van der Waals surface area (Å²) in [5.74, 6) is -2.46. The molecular weight excluding hydrogens is 589 g/mol. The molecule has 5 N–H and O–H groups in total. The van der Waals surface area contributed by atoms with Crippen LogP contribution in [-0.4, -0.2) is 76.6 Å². The van der Waals surface area contributed by atoms with E-state index in [2.05, 4.69) is 15.3 Å². The number of carbonyl (C=O) groups excluding carboxylic acids is 2. The summed E-state index contributed by atoms with van der Waals surface area (Å²) < 4.78 is 66.9. The largest absolute Gasteiger partial charge is 0.471 e. The number of alkyl halides is 3. The second kappa shape index (κ2) is 10.4. The summed E-state index contributed by atoms with van der Waals surface area (Å²) in [5.41, 5.74) is 11.6. The molecule has 0 radical (unpaired) electrons. The van der Waals surface area contributed by atoms with Crippen LogP contribution in [0.3, 0.4) is 0 Å². The molecule has 4 heterocycles. The normalized spacial score (nSPS) is 19.1. The van der Waals surface area contributed by atoms with Gasteiger partial charge in [0.2, 0.25) is 10.0 Å². The van der Waals surface area contributed by atoms with Gasteiger partial charge in [-0.3, -0.25) is 14.6 Å². The Morgan fingerprint density at radius 1 is 1.00 bits per heavy atom. The number of nitrogens with zero attached hydrogens (tertiary/aromatic N) is 5. The number of anilines is 2. The highest BCUT2D eigenvalue weighted by Gasteiger charge is 2.44. The Morgan fingerprint density at radius 3 is 2.39 bits per heavy atom. The highest BCUT2D eigenvalue weighted by molar-refractivity contribution is 7.89. The molecule has 2 aromatic rings. The molecule has 1 fully saturated rings. The van der Waals surface area contributed by atoms with Gasteiger partial charge in [-0.05, 0) is 48.9 Å². The van der Waals surface area contributed by atoms with E-state index in [1.54, 1.807) is 6.07 Å². The lowest BCUT2D eigenvalue weighted by molar-refractivity contribution is -0.186. The first-order chi connectivity index (χ1) is 19.2. The lowest BCUT2D eigenvalue weighted by atomic mass is 9.87. The van der Waals surface area contributed by atoms with Crippen LogP contribution in [0.2, 0.25) is 5.15 Å². The van der Waals surface area contributed by atoms with E-state index in [1.807, 2.05) is 0 Å². The van der Waals surface area contributed by atoms with Gasteiger partial charge < -0.3 is 21.7 Å². The Morgan fingerprint density at radius 2 is 1.71 bits per heavy atom. The molecule has 5 rings (SSSR count). The van der Waals surface area contributed by atoms with Gasteiger partial charge in [-0.1, -0.05) is 17.7 Å². The van der Waals surface area contributed by atoms with Gasteiger partial charge in [0.15, 0.2) is 22.5 Å². The van der Waals surface area contributed by atoms with Gasteiger partial charge in [0.05, 0.1) is 10.4 Å². The topological polar surface area (TPSA) is 177 Å². The number of aliphatic imine (C=N–C) groups is 1. The molecule has 0 saturated carbocycles. The Hall–Kier alpha value is -3.50. The molecule has 2 amide bonds. The number of carbonyl (C=O) groups is 2. The minimum absolute atomic E-state index is 0.0442.